The van der Waals surface area contributed by atoms with E-state index in [1.54, 1.807) is 4.90 Å². The summed E-state index contributed by atoms with van der Waals surface area (Å²) in [7, 11) is 1.93. The second-order valence-corrected chi connectivity index (χ2v) is 7.58. The molecule has 7 nitrogen and oxygen atoms in total. The van der Waals surface area contributed by atoms with Gasteiger partial charge in [0.05, 0.1) is 11.4 Å². The van der Waals surface area contributed by atoms with Crippen molar-refractivity contribution in [2.45, 2.75) is 39.7 Å². The first-order chi connectivity index (χ1) is 12.3. The molecule has 1 amide bonds. The summed E-state index contributed by atoms with van der Waals surface area (Å²) in [5.41, 5.74) is 2.70. The lowest BCUT2D eigenvalue weighted by Gasteiger charge is -2.36. The molecule has 0 unspecified atom stereocenters. The molecule has 0 atom stereocenters. The summed E-state index contributed by atoms with van der Waals surface area (Å²) in [6.45, 7) is 10.7. The third-order valence-electron chi connectivity index (χ3n) is 4.54. The number of nitrogens with zero attached hydrogens (tertiary/aromatic N) is 4. The normalized spacial score (nSPS) is 15.4. The quantitative estimate of drug-likeness (QED) is 0.913. The maximum Gasteiger partial charge on any atom is 0.410 e. The van der Waals surface area contributed by atoms with Gasteiger partial charge in [0.25, 0.3) is 0 Å². The van der Waals surface area contributed by atoms with Gasteiger partial charge in [0.2, 0.25) is 0 Å². The Morgan fingerprint density at radius 1 is 1.23 bits per heavy atom. The molecule has 2 aromatic rings. The van der Waals surface area contributed by atoms with Gasteiger partial charge in [-0.25, -0.2) is 9.78 Å². The summed E-state index contributed by atoms with van der Waals surface area (Å²) < 4.78 is 7.57. The first kappa shape index (κ1) is 18.4. The van der Waals surface area contributed by atoms with Gasteiger partial charge in [-0.1, -0.05) is 6.92 Å². The van der Waals surface area contributed by atoms with E-state index < -0.39 is 5.60 Å². The van der Waals surface area contributed by atoms with Crippen molar-refractivity contribution in [1.29, 1.82) is 0 Å². The highest BCUT2D eigenvalue weighted by molar-refractivity contribution is 5.69. The Bertz CT molecular complexity index is 785. The second kappa shape index (κ2) is 7.05. The predicted molar refractivity (Wildman–Crippen MR) is 104 cm³/mol. The van der Waals surface area contributed by atoms with Crippen molar-refractivity contribution in [3.63, 3.8) is 0 Å². The van der Waals surface area contributed by atoms with Crippen molar-refractivity contribution in [1.82, 2.24) is 14.3 Å². The van der Waals surface area contributed by atoms with Crippen molar-refractivity contribution >= 4 is 23.2 Å². The summed E-state index contributed by atoms with van der Waals surface area (Å²) >= 11 is 0. The molecule has 0 aliphatic carbocycles. The molecule has 0 bridgehead atoms. The van der Waals surface area contributed by atoms with Gasteiger partial charge in [-0.15, -0.1) is 0 Å². The van der Waals surface area contributed by atoms with Crippen LogP contribution in [-0.4, -0.2) is 59.2 Å². The Kier molecular flexibility index (Phi) is 4.98. The number of aromatic nitrogens is 2. The van der Waals surface area contributed by atoms with Crippen LogP contribution in [0.1, 0.15) is 33.4 Å². The lowest BCUT2D eigenvalue weighted by atomic mass is 10.2. The molecule has 3 heterocycles. The Labute approximate surface area is 154 Å². The SMILES string of the molecule is CCc1nc2ccc(N3CCN(C(=O)OC(C)(C)C)CC3)cn2c1NC. The van der Waals surface area contributed by atoms with Gasteiger partial charge < -0.3 is 19.9 Å². The lowest BCUT2D eigenvalue weighted by molar-refractivity contribution is 0.0240. The van der Waals surface area contributed by atoms with Crippen LogP contribution in [0, 0.1) is 0 Å². The Morgan fingerprint density at radius 2 is 1.92 bits per heavy atom. The number of rotatable bonds is 3. The average molecular weight is 359 g/mol. The number of anilines is 2. The molecule has 3 rings (SSSR count). The number of amides is 1. The maximum atomic E-state index is 12.2. The number of pyridine rings is 1. The van der Waals surface area contributed by atoms with Crippen LogP contribution in [0.5, 0.6) is 0 Å². The largest absolute Gasteiger partial charge is 0.444 e. The number of hydrogen-bond donors (Lipinski definition) is 1. The topological polar surface area (TPSA) is 62.1 Å². The number of carbonyl (C=O) groups is 1. The first-order valence-electron chi connectivity index (χ1n) is 9.24. The van der Waals surface area contributed by atoms with E-state index in [0.29, 0.717) is 13.1 Å². The van der Waals surface area contributed by atoms with Gasteiger partial charge in [-0.05, 0) is 39.3 Å². The van der Waals surface area contributed by atoms with Gasteiger partial charge in [-0.2, -0.15) is 0 Å². The number of aryl methyl sites for hydroxylation is 1. The van der Waals surface area contributed by atoms with Crippen LogP contribution in [0.4, 0.5) is 16.3 Å². The smallest absolute Gasteiger partial charge is 0.410 e. The zero-order valence-corrected chi connectivity index (χ0v) is 16.4. The highest BCUT2D eigenvalue weighted by Crippen LogP contribution is 2.24. The fourth-order valence-corrected chi connectivity index (χ4v) is 3.25. The van der Waals surface area contributed by atoms with Crippen molar-refractivity contribution in [2.75, 3.05) is 43.4 Å². The number of piperazine rings is 1. The summed E-state index contributed by atoms with van der Waals surface area (Å²) in [5.74, 6) is 1.04. The minimum atomic E-state index is -0.457. The molecule has 1 fully saturated rings. The number of carbonyl (C=O) groups excluding carboxylic acids is 1. The van der Waals surface area contributed by atoms with Crippen LogP contribution >= 0.6 is 0 Å². The zero-order chi connectivity index (χ0) is 18.9. The summed E-state index contributed by atoms with van der Waals surface area (Å²) in [5, 5.41) is 3.26. The third kappa shape index (κ3) is 3.71. The molecule has 0 spiro atoms. The standard InChI is InChI=1S/C19H29N5O2/c1-6-15-17(20-5)24-13-14(7-8-16(24)21-15)22-9-11-23(12-10-22)18(25)26-19(2,3)4/h7-8,13,20H,6,9-12H2,1-5H3. The van der Waals surface area contributed by atoms with E-state index in [4.69, 9.17) is 4.74 Å². The molecule has 1 saturated heterocycles. The van der Waals surface area contributed by atoms with E-state index in [9.17, 15) is 4.79 Å². The lowest BCUT2D eigenvalue weighted by Crippen LogP contribution is -2.50. The first-order valence-corrected chi connectivity index (χ1v) is 9.24. The van der Waals surface area contributed by atoms with Crippen molar-refractivity contribution in [2.24, 2.45) is 0 Å². The predicted octanol–water partition coefficient (Wildman–Crippen LogP) is 3.00. The van der Waals surface area contributed by atoms with Gasteiger partial charge >= 0.3 is 6.09 Å². The van der Waals surface area contributed by atoms with E-state index in [2.05, 4.69) is 44.9 Å². The van der Waals surface area contributed by atoms with Gasteiger partial charge in [0, 0.05) is 39.4 Å². The van der Waals surface area contributed by atoms with Crippen LogP contribution in [0.15, 0.2) is 18.3 Å². The fourth-order valence-electron chi connectivity index (χ4n) is 3.25. The number of ether oxygens (including phenoxy) is 1. The van der Waals surface area contributed by atoms with Gasteiger partial charge in [-0.3, -0.25) is 4.40 Å². The zero-order valence-electron chi connectivity index (χ0n) is 16.4. The van der Waals surface area contributed by atoms with Crippen LogP contribution in [0.2, 0.25) is 0 Å². The molecule has 142 valence electrons. The highest BCUT2D eigenvalue weighted by Gasteiger charge is 2.26. The van der Waals surface area contributed by atoms with E-state index in [0.717, 1.165) is 42.4 Å². The van der Waals surface area contributed by atoms with Crippen LogP contribution in [-0.2, 0) is 11.2 Å². The summed E-state index contributed by atoms with van der Waals surface area (Å²) in [4.78, 5) is 21.0. The molecule has 2 aromatic heterocycles. The molecular weight excluding hydrogens is 330 g/mol. The molecule has 26 heavy (non-hydrogen) atoms. The van der Waals surface area contributed by atoms with Crippen molar-refractivity contribution < 1.29 is 9.53 Å². The van der Waals surface area contributed by atoms with Crippen LogP contribution in [0.25, 0.3) is 5.65 Å². The number of nitrogens with one attached hydrogen (secondary N) is 1. The minimum Gasteiger partial charge on any atom is -0.444 e. The van der Waals surface area contributed by atoms with E-state index in [-0.39, 0.29) is 6.09 Å². The van der Waals surface area contributed by atoms with E-state index >= 15 is 0 Å². The summed E-state index contributed by atoms with van der Waals surface area (Å²) in [6.07, 6.45) is 2.78. The molecular formula is C19H29N5O2. The Morgan fingerprint density at radius 3 is 2.50 bits per heavy atom. The fraction of sp³-hybridized carbons (Fsp3) is 0.579. The van der Waals surface area contributed by atoms with Gasteiger partial charge in [0.1, 0.15) is 17.1 Å². The molecule has 0 saturated carbocycles. The van der Waals surface area contributed by atoms with Crippen molar-refractivity contribution in [3.05, 3.63) is 24.0 Å². The molecule has 1 aliphatic rings. The average Bonchev–Trinajstić information content (AvgIpc) is 2.97. The number of imidazole rings is 1. The van der Waals surface area contributed by atoms with Crippen molar-refractivity contribution in [3.8, 4) is 0 Å². The minimum absolute atomic E-state index is 0.229. The molecule has 0 aromatic carbocycles. The van der Waals surface area contributed by atoms with Crippen LogP contribution < -0.4 is 10.2 Å². The molecule has 0 radical (unpaired) electrons. The molecule has 1 aliphatic heterocycles. The van der Waals surface area contributed by atoms with Crippen LogP contribution in [0.3, 0.4) is 0 Å². The maximum absolute atomic E-state index is 12.2. The number of fused-ring (bicyclic) bond motifs is 1. The van der Waals surface area contributed by atoms with E-state index in [1.165, 1.54) is 0 Å². The molecule has 1 N–H and O–H groups in total. The monoisotopic (exact) mass is 359 g/mol. The number of hydrogen-bond acceptors (Lipinski definition) is 5. The van der Waals surface area contributed by atoms with Gasteiger partial charge in [0.15, 0.2) is 0 Å². The molecule has 7 heteroatoms. The Hall–Kier alpha value is -2.44. The summed E-state index contributed by atoms with van der Waals surface area (Å²) in [6, 6.07) is 4.15. The van der Waals surface area contributed by atoms with E-state index in [1.807, 2.05) is 27.8 Å². The highest BCUT2D eigenvalue weighted by atomic mass is 16.6. The Balaban J connectivity index is 1.72. The third-order valence-corrected chi connectivity index (χ3v) is 4.54. The second-order valence-electron chi connectivity index (χ2n) is 7.58.